The molecule has 0 aromatic carbocycles. The van der Waals surface area contributed by atoms with Gasteiger partial charge in [-0.2, -0.15) is 0 Å². The van der Waals surface area contributed by atoms with E-state index in [0.717, 1.165) is 108 Å². The van der Waals surface area contributed by atoms with Crippen molar-refractivity contribution in [1.29, 1.82) is 0 Å². The van der Waals surface area contributed by atoms with Crippen LogP contribution in [0.25, 0.3) is 0 Å². The highest BCUT2D eigenvalue weighted by molar-refractivity contribution is 7.47. The molecule has 0 aromatic rings. The Morgan fingerprint density at radius 3 is 0.716 bits per heavy atom. The highest BCUT2D eigenvalue weighted by atomic mass is 31.2. The summed E-state index contributed by atoms with van der Waals surface area (Å²) in [6, 6.07) is 0. The SMILES string of the molecule is CCCCCCCCCCCCCCC(=O)OC[C@H](COP(=O)(O)OC[C@H](O)COP(=O)(O)OC[C@@H](COC(=O)CCCCCCCCCCCCCCC(C)C)OC(=O)CCCCCCCCCCCCCCCC(C)C)OC(=O)CCCCCCCCCCCC(C)C. The molecule has 0 bridgehead atoms. The first-order valence-corrected chi connectivity index (χ1v) is 42.3. The average molecular weight is 1400 g/mol. The molecule has 3 N–H and O–H groups in total. The van der Waals surface area contributed by atoms with Crippen LogP contribution in [0.5, 0.6) is 0 Å². The van der Waals surface area contributed by atoms with Gasteiger partial charge in [0.2, 0.25) is 0 Å². The number of rotatable bonds is 74. The van der Waals surface area contributed by atoms with E-state index in [0.29, 0.717) is 25.7 Å². The third-order valence-corrected chi connectivity index (χ3v) is 19.5. The molecule has 0 aliphatic carbocycles. The summed E-state index contributed by atoms with van der Waals surface area (Å²) in [6.07, 6.45) is 52.6. The van der Waals surface area contributed by atoms with Gasteiger partial charge in [0.05, 0.1) is 26.4 Å². The summed E-state index contributed by atoms with van der Waals surface area (Å²) in [6.45, 7) is 11.9. The Labute approximate surface area is 581 Å². The number of aliphatic hydroxyl groups excluding tert-OH is 1. The summed E-state index contributed by atoms with van der Waals surface area (Å²) >= 11 is 0. The fourth-order valence-corrected chi connectivity index (χ4v) is 13.2. The van der Waals surface area contributed by atoms with E-state index in [1.165, 1.54) is 199 Å². The number of esters is 4. The van der Waals surface area contributed by atoms with Gasteiger partial charge in [-0.15, -0.1) is 0 Å². The fraction of sp³-hybridized carbons (Fsp3) is 0.947. The van der Waals surface area contributed by atoms with Gasteiger partial charge in [0.15, 0.2) is 12.2 Å². The van der Waals surface area contributed by atoms with Crippen molar-refractivity contribution in [3.05, 3.63) is 0 Å². The van der Waals surface area contributed by atoms with Crippen molar-refractivity contribution >= 4 is 39.5 Å². The molecule has 0 aromatic heterocycles. The average Bonchev–Trinajstić information content (AvgIpc) is 1.65. The lowest BCUT2D eigenvalue weighted by molar-refractivity contribution is -0.161. The predicted molar refractivity (Wildman–Crippen MR) is 386 cm³/mol. The van der Waals surface area contributed by atoms with Gasteiger partial charge in [-0.25, -0.2) is 9.13 Å². The van der Waals surface area contributed by atoms with E-state index in [1.54, 1.807) is 0 Å². The maximum atomic E-state index is 13.1. The van der Waals surface area contributed by atoms with Crippen molar-refractivity contribution < 1.29 is 80.2 Å². The molecule has 19 heteroatoms. The molecule has 95 heavy (non-hydrogen) atoms. The van der Waals surface area contributed by atoms with Crippen LogP contribution in [0.4, 0.5) is 0 Å². The number of hydrogen-bond donors (Lipinski definition) is 3. The summed E-state index contributed by atoms with van der Waals surface area (Å²) in [7, 11) is -9.91. The molecule has 0 saturated carbocycles. The Kier molecular flexibility index (Phi) is 65.2. The molecule has 0 saturated heterocycles. The number of ether oxygens (including phenoxy) is 4. The molecular formula is C76H148O17P2. The van der Waals surface area contributed by atoms with E-state index in [2.05, 4.69) is 48.5 Å². The normalized spacial score (nSPS) is 14.1. The van der Waals surface area contributed by atoms with Crippen LogP contribution in [0.15, 0.2) is 0 Å². The van der Waals surface area contributed by atoms with Gasteiger partial charge in [-0.1, -0.05) is 337 Å². The monoisotopic (exact) mass is 1400 g/mol. The summed E-state index contributed by atoms with van der Waals surface area (Å²) in [4.78, 5) is 72.8. The van der Waals surface area contributed by atoms with Gasteiger partial charge in [0.1, 0.15) is 19.3 Å². The van der Waals surface area contributed by atoms with Crippen LogP contribution in [0, 0.1) is 17.8 Å². The van der Waals surface area contributed by atoms with E-state index >= 15 is 0 Å². The molecule has 564 valence electrons. The number of carbonyl (C=O) groups is 4. The molecule has 5 atom stereocenters. The maximum Gasteiger partial charge on any atom is 0.472 e. The molecule has 0 radical (unpaired) electrons. The largest absolute Gasteiger partial charge is 0.472 e. The minimum atomic E-state index is -4.96. The van der Waals surface area contributed by atoms with Crippen molar-refractivity contribution in [2.24, 2.45) is 17.8 Å². The van der Waals surface area contributed by atoms with Crippen molar-refractivity contribution in [3.63, 3.8) is 0 Å². The lowest BCUT2D eigenvalue weighted by Crippen LogP contribution is -2.30. The number of phosphoric acid groups is 2. The second-order valence-corrected chi connectivity index (χ2v) is 31.7. The smallest absolute Gasteiger partial charge is 0.462 e. The van der Waals surface area contributed by atoms with Crippen LogP contribution in [0.2, 0.25) is 0 Å². The highest BCUT2D eigenvalue weighted by Gasteiger charge is 2.30. The minimum absolute atomic E-state index is 0.105. The minimum Gasteiger partial charge on any atom is -0.462 e. The summed E-state index contributed by atoms with van der Waals surface area (Å²) < 4.78 is 68.6. The standard InChI is InChI=1S/C76H148O17P2/c1-8-9-10-11-12-13-14-22-29-36-43-50-57-73(78)86-64-72(93-76(81)60-53-46-39-32-25-28-35-42-49-56-69(6)7)66-91-95(84,85)89-62-70(77)61-88-94(82,83)90-65-71(63-87-74(79)58-51-44-37-30-23-19-18-21-27-34-41-48-55-68(4)5)92-75(80)59-52-45-38-31-24-17-15-16-20-26-33-40-47-54-67(2)3/h67-72,77H,8-66H2,1-7H3,(H,82,83)(H,84,85)/t70-,71-,72-/m1/s1. The highest BCUT2D eigenvalue weighted by Crippen LogP contribution is 2.45. The van der Waals surface area contributed by atoms with E-state index in [9.17, 15) is 43.2 Å². The lowest BCUT2D eigenvalue weighted by atomic mass is 10.0. The third-order valence-electron chi connectivity index (χ3n) is 17.6. The third kappa shape index (κ3) is 70.3. The molecule has 0 fully saturated rings. The van der Waals surface area contributed by atoms with Gasteiger partial charge in [-0.05, 0) is 43.4 Å². The topological polar surface area (TPSA) is 237 Å². The fourth-order valence-electron chi connectivity index (χ4n) is 11.6. The number of hydrogen-bond acceptors (Lipinski definition) is 15. The maximum absolute atomic E-state index is 13.1. The Hall–Kier alpha value is -1.94. The van der Waals surface area contributed by atoms with Crippen LogP contribution in [-0.2, 0) is 65.4 Å². The second-order valence-electron chi connectivity index (χ2n) is 28.8. The van der Waals surface area contributed by atoms with E-state index in [-0.39, 0.29) is 25.7 Å². The van der Waals surface area contributed by atoms with Gasteiger partial charge < -0.3 is 33.8 Å². The first-order valence-electron chi connectivity index (χ1n) is 39.3. The number of phosphoric ester groups is 2. The second kappa shape index (κ2) is 66.6. The molecule has 0 aliphatic rings. The summed E-state index contributed by atoms with van der Waals surface area (Å²) in [5.74, 6) is 0.188. The zero-order valence-corrected chi connectivity index (χ0v) is 63.9. The van der Waals surface area contributed by atoms with Crippen molar-refractivity contribution in [3.8, 4) is 0 Å². The van der Waals surface area contributed by atoms with E-state index in [1.807, 2.05) is 0 Å². The number of carbonyl (C=O) groups excluding carboxylic acids is 4. The van der Waals surface area contributed by atoms with Crippen LogP contribution < -0.4 is 0 Å². The molecule has 0 heterocycles. The Morgan fingerprint density at radius 2 is 0.484 bits per heavy atom. The Bertz CT molecular complexity index is 1850. The number of unbranched alkanes of at least 4 members (excludes halogenated alkanes) is 42. The zero-order chi connectivity index (χ0) is 70.1. The van der Waals surface area contributed by atoms with Crippen LogP contribution >= 0.6 is 15.6 Å². The molecule has 2 unspecified atom stereocenters. The Balaban J connectivity index is 5.26. The predicted octanol–water partition coefficient (Wildman–Crippen LogP) is 22.2. The van der Waals surface area contributed by atoms with Crippen LogP contribution in [0.3, 0.4) is 0 Å². The first kappa shape index (κ1) is 93.1. The van der Waals surface area contributed by atoms with Gasteiger partial charge in [-0.3, -0.25) is 37.3 Å². The molecule has 0 aliphatic heterocycles. The van der Waals surface area contributed by atoms with Gasteiger partial charge in [0, 0.05) is 25.7 Å². The lowest BCUT2D eigenvalue weighted by Gasteiger charge is -2.21. The quantitative estimate of drug-likeness (QED) is 0.0222. The molecule has 0 rings (SSSR count). The van der Waals surface area contributed by atoms with Crippen molar-refractivity contribution in [2.45, 2.75) is 407 Å². The zero-order valence-electron chi connectivity index (χ0n) is 62.1. The first-order chi connectivity index (χ1) is 45.7. The van der Waals surface area contributed by atoms with E-state index in [4.69, 9.17) is 37.0 Å². The van der Waals surface area contributed by atoms with Crippen LogP contribution in [0.1, 0.15) is 389 Å². The van der Waals surface area contributed by atoms with E-state index < -0.39 is 97.5 Å². The number of aliphatic hydroxyl groups is 1. The Morgan fingerprint density at radius 1 is 0.284 bits per heavy atom. The van der Waals surface area contributed by atoms with Gasteiger partial charge in [0.25, 0.3) is 0 Å². The molecule has 0 amide bonds. The summed E-state index contributed by atoms with van der Waals surface area (Å²) in [5.41, 5.74) is 0. The molecule has 17 nitrogen and oxygen atoms in total. The van der Waals surface area contributed by atoms with Gasteiger partial charge >= 0.3 is 39.5 Å². The summed E-state index contributed by atoms with van der Waals surface area (Å²) in [5, 5.41) is 10.6. The van der Waals surface area contributed by atoms with Crippen LogP contribution in [-0.4, -0.2) is 96.7 Å². The van der Waals surface area contributed by atoms with Crippen molar-refractivity contribution in [2.75, 3.05) is 39.6 Å². The van der Waals surface area contributed by atoms with Crippen molar-refractivity contribution in [1.82, 2.24) is 0 Å². The molecule has 0 spiro atoms. The molecular weight excluding hydrogens is 1250 g/mol.